The number of hydrogen-bond donors (Lipinski definition) is 1. The van der Waals surface area contributed by atoms with Gasteiger partial charge in [-0.2, -0.15) is 0 Å². The number of benzene rings is 2. The summed E-state index contributed by atoms with van der Waals surface area (Å²) >= 11 is 0. The second-order valence-electron chi connectivity index (χ2n) is 8.07. The molecule has 10 heteroatoms. The van der Waals surface area contributed by atoms with Crippen molar-refractivity contribution in [1.29, 1.82) is 0 Å². The molecule has 33 heavy (non-hydrogen) atoms. The molecule has 1 fully saturated rings. The standard InChI is InChI=1S/C23H22N4O6/c28-22(16-1-3-18(19(11-16)27(29)30)26-8-7-24-14-26)25-13-23(5-9-31-10-6-23)17-2-4-20-21(12-17)33-15-32-20/h1-4,7-8,11-12,14H,5-6,9-10,13,15H2,(H,25,28). The van der Waals surface area contributed by atoms with Gasteiger partial charge in [-0.15, -0.1) is 0 Å². The fourth-order valence-corrected chi connectivity index (χ4v) is 4.34. The summed E-state index contributed by atoms with van der Waals surface area (Å²) in [5.74, 6) is 1.02. The van der Waals surface area contributed by atoms with Crippen LogP contribution >= 0.6 is 0 Å². The average molecular weight is 450 g/mol. The van der Waals surface area contributed by atoms with Gasteiger partial charge in [0.15, 0.2) is 11.5 Å². The molecular formula is C23H22N4O6. The molecule has 5 rings (SSSR count). The van der Waals surface area contributed by atoms with Gasteiger partial charge in [-0.05, 0) is 42.7 Å². The van der Waals surface area contributed by atoms with Crippen LogP contribution in [0.3, 0.4) is 0 Å². The second kappa shape index (κ2) is 8.55. The summed E-state index contributed by atoms with van der Waals surface area (Å²) in [6, 6.07) is 10.3. The lowest BCUT2D eigenvalue weighted by Gasteiger charge is -2.38. The molecule has 10 nitrogen and oxygen atoms in total. The predicted octanol–water partition coefficient (Wildman–Crippen LogP) is 2.99. The molecule has 0 aliphatic carbocycles. The van der Waals surface area contributed by atoms with E-state index in [4.69, 9.17) is 14.2 Å². The van der Waals surface area contributed by atoms with E-state index in [0.29, 0.717) is 36.9 Å². The first-order chi connectivity index (χ1) is 16.1. The van der Waals surface area contributed by atoms with E-state index in [0.717, 1.165) is 18.4 Å². The third-order valence-electron chi connectivity index (χ3n) is 6.24. The van der Waals surface area contributed by atoms with Crippen LogP contribution in [0.15, 0.2) is 55.1 Å². The Kier molecular flexibility index (Phi) is 5.43. The summed E-state index contributed by atoms with van der Waals surface area (Å²) in [4.78, 5) is 28.1. The zero-order chi connectivity index (χ0) is 22.8. The molecule has 2 aliphatic heterocycles. The van der Waals surface area contributed by atoms with E-state index in [-0.39, 0.29) is 29.4 Å². The molecule has 170 valence electrons. The number of ether oxygens (including phenoxy) is 3. The SMILES string of the molecule is O=C(NCC1(c2ccc3c(c2)OCO3)CCOCC1)c1ccc(-n2ccnc2)c([N+](=O)[O-])c1. The van der Waals surface area contributed by atoms with Crippen molar-refractivity contribution >= 4 is 11.6 Å². The van der Waals surface area contributed by atoms with E-state index >= 15 is 0 Å². The van der Waals surface area contributed by atoms with Crippen LogP contribution in [0.4, 0.5) is 5.69 Å². The number of carbonyl (C=O) groups is 1. The lowest BCUT2D eigenvalue weighted by Crippen LogP contribution is -2.44. The summed E-state index contributed by atoms with van der Waals surface area (Å²) in [6.07, 6.45) is 6.08. The van der Waals surface area contributed by atoms with Crippen LogP contribution in [0.2, 0.25) is 0 Å². The van der Waals surface area contributed by atoms with Gasteiger partial charge in [0.1, 0.15) is 5.69 Å². The molecule has 0 atom stereocenters. The lowest BCUT2D eigenvalue weighted by molar-refractivity contribution is -0.384. The van der Waals surface area contributed by atoms with Gasteiger partial charge in [-0.1, -0.05) is 6.07 Å². The van der Waals surface area contributed by atoms with E-state index in [1.165, 1.54) is 23.2 Å². The molecule has 3 heterocycles. The topological polar surface area (TPSA) is 118 Å². The maximum Gasteiger partial charge on any atom is 0.294 e. The van der Waals surface area contributed by atoms with Crippen LogP contribution in [0.1, 0.15) is 28.8 Å². The van der Waals surface area contributed by atoms with Gasteiger partial charge in [0, 0.05) is 49.2 Å². The highest BCUT2D eigenvalue weighted by Crippen LogP contribution is 2.40. The van der Waals surface area contributed by atoms with Crippen molar-refractivity contribution in [1.82, 2.24) is 14.9 Å². The first-order valence-electron chi connectivity index (χ1n) is 10.6. The summed E-state index contributed by atoms with van der Waals surface area (Å²) in [7, 11) is 0. The minimum Gasteiger partial charge on any atom is -0.454 e. The molecule has 0 saturated carbocycles. The Bertz CT molecular complexity index is 1190. The van der Waals surface area contributed by atoms with Gasteiger partial charge in [-0.25, -0.2) is 4.98 Å². The summed E-state index contributed by atoms with van der Waals surface area (Å²) in [5, 5.41) is 14.6. The molecule has 1 N–H and O–H groups in total. The van der Waals surface area contributed by atoms with Crippen LogP contribution in [0, 0.1) is 10.1 Å². The number of aromatic nitrogens is 2. The molecule has 1 amide bonds. The Morgan fingerprint density at radius 3 is 2.73 bits per heavy atom. The number of nitrogens with one attached hydrogen (secondary N) is 1. The summed E-state index contributed by atoms with van der Waals surface area (Å²) < 4.78 is 18.1. The number of rotatable bonds is 6. The van der Waals surface area contributed by atoms with Gasteiger partial charge in [-0.3, -0.25) is 14.9 Å². The van der Waals surface area contributed by atoms with Crippen molar-refractivity contribution in [2.24, 2.45) is 0 Å². The Hall–Kier alpha value is -3.92. The molecule has 0 unspecified atom stereocenters. The molecule has 0 spiro atoms. The average Bonchev–Trinajstić information content (AvgIpc) is 3.54. The van der Waals surface area contributed by atoms with E-state index in [2.05, 4.69) is 10.3 Å². The Balaban J connectivity index is 1.38. The molecule has 0 radical (unpaired) electrons. The van der Waals surface area contributed by atoms with Crippen LogP contribution < -0.4 is 14.8 Å². The largest absolute Gasteiger partial charge is 0.454 e. The van der Waals surface area contributed by atoms with Crippen molar-refractivity contribution in [2.45, 2.75) is 18.3 Å². The monoisotopic (exact) mass is 450 g/mol. The highest BCUT2D eigenvalue weighted by Gasteiger charge is 2.36. The minimum absolute atomic E-state index is 0.169. The third-order valence-corrected chi connectivity index (χ3v) is 6.24. The first kappa shape index (κ1) is 21.0. The van der Waals surface area contributed by atoms with Gasteiger partial charge in [0.2, 0.25) is 6.79 Å². The molecule has 0 bridgehead atoms. The van der Waals surface area contributed by atoms with Crippen LogP contribution in [0.25, 0.3) is 5.69 Å². The maximum atomic E-state index is 13.0. The van der Waals surface area contributed by atoms with Crippen LogP contribution in [-0.2, 0) is 10.2 Å². The van der Waals surface area contributed by atoms with Gasteiger partial charge in [0.25, 0.3) is 11.6 Å². The van der Waals surface area contributed by atoms with Gasteiger partial charge >= 0.3 is 0 Å². The zero-order valence-corrected chi connectivity index (χ0v) is 17.7. The summed E-state index contributed by atoms with van der Waals surface area (Å²) in [5.41, 5.74) is 1.10. The van der Waals surface area contributed by atoms with Crippen LogP contribution in [-0.4, -0.2) is 46.9 Å². The van der Waals surface area contributed by atoms with Gasteiger partial charge < -0.3 is 24.1 Å². The molecule has 3 aromatic rings. The number of nitro benzene ring substituents is 1. The number of fused-ring (bicyclic) bond motifs is 1. The highest BCUT2D eigenvalue weighted by atomic mass is 16.7. The normalized spacial score (nSPS) is 16.4. The first-order valence-corrected chi connectivity index (χ1v) is 10.6. The number of hydrogen-bond acceptors (Lipinski definition) is 7. The molecule has 2 aliphatic rings. The van der Waals surface area contributed by atoms with Crippen molar-refractivity contribution in [3.63, 3.8) is 0 Å². The quantitative estimate of drug-likeness (QED) is 0.453. The van der Waals surface area contributed by atoms with Crippen molar-refractivity contribution < 1.29 is 23.9 Å². The van der Waals surface area contributed by atoms with E-state index in [1.54, 1.807) is 18.3 Å². The Morgan fingerprint density at radius 1 is 1.15 bits per heavy atom. The molecular weight excluding hydrogens is 428 g/mol. The van der Waals surface area contributed by atoms with Crippen LogP contribution in [0.5, 0.6) is 11.5 Å². The fraction of sp³-hybridized carbons (Fsp3) is 0.304. The molecule has 2 aromatic carbocycles. The number of nitrogens with zero attached hydrogens (tertiary/aromatic N) is 3. The van der Waals surface area contributed by atoms with E-state index in [1.807, 2.05) is 18.2 Å². The highest BCUT2D eigenvalue weighted by molar-refractivity contribution is 5.95. The van der Waals surface area contributed by atoms with E-state index in [9.17, 15) is 14.9 Å². The number of amides is 1. The predicted molar refractivity (Wildman–Crippen MR) is 117 cm³/mol. The minimum atomic E-state index is -0.501. The van der Waals surface area contributed by atoms with E-state index < -0.39 is 4.92 Å². The smallest absolute Gasteiger partial charge is 0.294 e. The Morgan fingerprint density at radius 2 is 1.97 bits per heavy atom. The summed E-state index contributed by atoms with van der Waals surface area (Å²) in [6.45, 7) is 1.72. The lowest BCUT2D eigenvalue weighted by atomic mass is 9.74. The second-order valence-corrected chi connectivity index (χ2v) is 8.07. The fourth-order valence-electron chi connectivity index (χ4n) is 4.34. The number of nitro groups is 1. The van der Waals surface area contributed by atoms with Crippen molar-refractivity contribution in [3.8, 4) is 17.2 Å². The number of carbonyl (C=O) groups excluding carboxylic acids is 1. The number of imidazole rings is 1. The molecule has 1 saturated heterocycles. The van der Waals surface area contributed by atoms with Crippen molar-refractivity contribution in [3.05, 3.63) is 76.4 Å². The zero-order valence-electron chi connectivity index (χ0n) is 17.7. The van der Waals surface area contributed by atoms with Crippen molar-refractivity contribution in [2.75, 3.05) is 26.6 Å². The Labute approximate surface area is 189 Å². The van der Waals surface area contributed by atoms with Gasteiger partial charge in [0.05, 0.1) is 11.3 Å². The third kappa shape index (κ3) is 4.00. The molecule has 1 aromatic heterocycles. The maximum absolute atomic E-state index is 13.0.